The molecule has 2 nitrogen and oxygen atoms in total. The lowest BCUT2D eigenvalue weighted by Gasteiger charge is -1.98. The predicted molar refractivity (Wildman–Crippen MR) is 52.9 cm³/mol. The lowest BCUT2D eigenvalue weighted by molar-refractivity contribution is 1.07. The molecule has 1 aromatic heterocycles. The molecule has 0 saturated heterocycles. The molecule has 2 rings (SSSR count). The first-order chi connectivity index (χ1) is 6.36. The Hall–Kier alpha value is -1.64. The predicted octanol–water partition coefficient (Wildman–Crippen LogP) is 0.937. The molecule has 0 N–H and O–H groups in total. The van der Waals surface area contributed by atoms with Gasteiger partial charge in [-0.2, -0.15) is 10.2 Å². The van der Waals surface area contributed by atoms with E-state index in [4.69, 9.17) is 7.85 Å². The van der Waals surface area contributed by atoms with Gasteiger partial charge in [0.1, 0.15) is 7.85 Å². The Kier molecular flexibility index (Phi) is 2.09. The molecule has 3 heteroatoms. The molecule has 0 bridgehead atoms. The summed E-state index contributed by atoms with van der Waals surface area (Å²) in [5.74, 6) is 0. The summed E-state index contributed by atoms with van der Waals surface area (Å²) in [6, 6.07) is 13.5. The summed E-state index contributed by atoms with van der Waals surface area (Å²) in [7, 11) is 5.43. The highest BCUT2D eigenvalue weighted by Gasteiger charge is 1.96. The number of hydrogen-bond acceptors (Lipinski definition) is 2. The minimum atomic E-state index is 0.444. The molecule has 0 amide bonds. The van der Waals surface area contributed by atoms with Crippen molar-refractivity contribution in [1.29, 1.82) is 0 Å². The van der Waals surface area contributed by atoms with E-state index in [9.17, 15) is 0 Å². The van der Waals surface area contributed by atoms with Gasteiger partial charge in [-0.15, -0.1) is 0 Å². The van der Waals surface area contributed by atoms with Crippen LogP contribution >= 0.6 is 0 Å². The molecule has 0 aliphatic carbocycles. The van der Waals surface area contributed by atoms with Crippen LogP contribution in [0, 0.1) is 0 Å². The summed E-state index contributed by atoms with van der Waals surface area (Å²) in [6.07, 6.45) is 0. The van der Waals surface area contributed by atoms with Crippen LogP contribution in [0.1, 0.15) is 0 Å². The Bertz CT molecular complexity index is 383. The van der Waals surface area contributed by atoms with Crippen molar-refractivity contribution in [2.45, 2.75) is 0 Å². The van der Waals surface area contributed by atoms with E-state index in [1.54, 1.807) is 6.07 Å². The topological polar surface area (TPSA) is 25.8 Å². The molecule has 0 spiro atoms. The van der Waals surface area contributed by atoms with E-state index in [0.717, 1.165) is 11.3 Å². The van der Waals surface area contributed by atoms with E-state index >= 15 is 0 Å². The van der Waals surface area contributed by atoms with E-state index in [2.05, 4.69) is 10.2 Å². The fourth-order valence-electron chi connectivity index (χ4n) is 1.11. The number of hydrogen-bond donors (Lipinski definition) is 0. The van der Waals surface area contributed by atoms with Crippen molar-refractivity contribution in [2.75, 3.05) is 0 Å². The van der Waals surface area contributed by atoms with Gasteiger partial charge in [0.2, 0.25) is 0 Å². The van der Waals surface area contributed by atoms with Gasteiger partial charge < -0.3 is 0 Å². The van der Waals surface area contributed by atoms with Crippen molar-refractivity contribution >= 4 is 13.4 Å². The minimum Gasteiger partial charge on any atom is -0.167 e. The Morgan fingerprint density at radius 3 is 2.23 bits per heavy atom. The molecular formula is C10H7BN2. The van der Waals surface area contributed by atoms with E-state index in [1.165, 1.54) is 0 Å². The summed E-state index contributed by atoms with van der Waals surface area (Å²) in [4.78, 5) is 0. The van der Waals surface area contributed by atoms with Gasteiger partial charge in [0.25, 0.3) is 0 Å². The van der Waals surface area contributed by atoms with Gasteiger partial charge in [-0.1, -0.05) is 30.3 Å². The van der Waals surface area contributed by atoms with E-state index in [1.807, 2.05) is 36.4 Å². The normalized spacial score (nSPS) is 9.85. The van der Waals surface area contributed by atoms with Crippen molar-refractivity contribution in [1.82, 2.24) is 10.2 Å². The molecule has 1 heterocycles. The maximum absolute atomic E-state index is 5.43. The van der Waals surface area contributed by atoms with Crippen LogP contribution in [0.15, 0.2) is 42.5 Å². The zero-order valence-corrected chi connectivity index (χ0v) is 7.01. The lowest BCUT2D eigenvalue weighted by atomic mass is 10.0. The zero-order valence-electron chi connectivity index (χ0n) is 7.01. The standard InChI is InChI=1S/C10H7BN2/c11-10-7-6-9(12-13-10)8-4-2-1-3-5-8/h1-7H. The second kappa shape index (κ2) is 3.39. The lowest BCUT2D eigenvalue weighted by Crippen LogP contribution is -2.09. The number of benzene rings is 1. The third-order valence-electron chi connectivity index (χ3n) is 1.75. The molecule has 0 atom stereocenters. The Morgan fingerprint density at radius 2 is 1.62 bits per heavy atom. The quantitative estimate of drug-likeness (QED) is 0.589. The van der Waals surface area contributed by atoms with Gasteiger partial charge >= 0.3 is 0 Å². The van der Waals surface area contributed by atoms with Crippen LogP contribution in [0.3, 0.4) is 0 Å². The summed E-state index contributed by atoms with van der Waals surface area (Å²) in [5.41, 5.74) is 2.34. The first kappa shape index (κ1) is 7.99. The molecule has 0 saturated carbocycles. The summed E-state index contributed by atoms with van der Waals surface area (Å²) >= 11 is 0. The van der Waals surface area contributed by atoms with Crippen molar-refractivity contribution in [2.24, 2.45) is 0 Å². The van der Waals surface area contributed by atoms with Crippen LogP contribution in [0.2, 0.25) is 0 Å². The SMILES string of the molecule is [B]c1ccc(-c2ccccc2)nn1. The third kappa shape index (κ3) is 1.75. The first-order valence-electron chi connectivity index (χ1n) is 4.01. The highest BCUT2D eigenvalue weighted by atomic mass is 15.1. The van der Waals surface area contributed by atoms with Crippen molar-refractivity contribution in [3.05, 3.63) is 42.5 Å². The first-order valence-corrected chi connectivity index (χ1v) is 4.01. The van der Waals surface area contributed by atoms with E-state index in [-0.39, 0.29) is 0 Å². The number of rotatable bonds is 1. The molecule has 0 unspecified atom stereocenters. The van der Waals surface area contributed by atoms with Gasteiger partial charge in [0, 0.05) is 11.2 Å². The average molecular weight is 166 g/mol. The fraction of sp³-hybridized carbons (Fsp3) is 0. The molecule has 2 radical (unpaired) electrons. The van der Waals surface area contributed by atoms with Crippen LogP contribution < -0.4 is 5.59 Å². The third-order valence-corrected chi connectivity index (χ3v) is 1.75. The largest absolute Gasteiger partial charge is 0.167 e. The van der Waals surface area contributed by atoms with Crippen LogP contribution in [-0.2, 0) is 0 Å². The Morgan fingerprint density at radius 1 is 0.846 bits per heavy atom. The molecule has 0 fully saturated rings. The summed E-state index contributed by atoms with van der Waals surface area (Å²) in [6.45, 7) is 0. The average Bonchev–Trinajstić information content (AvgIpc) is 2.20. The molecule has 0 aliphatic heterocycles. The van der Waals surface area contributed by atoms with E-state index < -0.39 is 0 Å². The maximum atomic E-state index is 5.43. The van der Waals surface area contributed by atoms with Gasteiger partial charge in [0.15, 0.2) is 0 Å². The van der Waals surface area contributed by atoms with Crippen molar-refractivity contribution < 1.29 is 0 Å². The Labute approximate surface area is 78.0 Å². The van der Waals surface area contributed by atoms with Crippen LogP contribution in [-0.4, -0.2) is 18.0 Å². The molecule has 1 aromatic carbocycles. The Balaban J connectivity index is 2.42. The highest BCUT2D eigenvalue weighted by Crippen LogP contribution is 2.13. The van der Waals surface area contributed by atoms with Gasteiger partial charge in [-0.3, -0.25) is 0 Å². The second-order valence-electron chi connectivity index (χ2n) is 2.71. The van der Waals surface area contributed by atoms with Crippen LogP contribution in [0.25, 0.3) is 11.3 Å². The van der Waals surface area contributed by atoms with Crippen LogP contribution in [0.5, 0.6) is 0 Å². The highest BCUT2D eigenvalue weighted by molar-refractivity contribution is 6.30. The van der Waals surface area contributed by atoms with E-state index in [0.29, 0.717) is 5.59 Å². The molecule has 13 heavy (non-hydrogen) atoms. The fourth-order valence-corrected chi connectivity index (χ4v) is 1.11. The monoisotopic (exact) mass is 166 g/mol. The van der Waals surface area contributed by atoms with Crippen molar-refractivity contribution in [3.8, 4) is 11.3 Å². The summed E-state index contributed by atoms with van der Waals surface area (Å²) in [5, 5.41) is 7.76. The van der Waals surface area contributed by atoms with Crippen molar-refractivity contribution in [3.63, 3.8) is 0 Å². The van der Waals surface area contributed by atoms with Gasteiger partial charge in [-0.25, -0.2) is 0 Å². The molecule has 0 aliphatic rings. The van der Waals surface area contributed by atoms with Crippen LogP contribution in [0.4, 0.5) is 0 Å². The van der Waals surface area contributed by atoms with Gasteiger partial charge in [0.05, 0.1) is 5.69 Å². The molecule has 2 aromatic rings. The number of aromatic nitrogens is 2. The van der Waals surface area contributed by atoms with Gasteiger partial charge in [-0.05, 0) is 12.1 Å². The smallest absolute Gasteiger partial charge is 0.144 e. The summed E-state index contributed by atoms with van der Waals surface area (Å²) < 4.78 is 0. The second-order valence-corrected chi connectivity index (χ2v) is 2.71. The number of nitrogens with zero attached hydrogens (tertiary/aromatic N) is 2. The molecule has 60 valence electrons. The molecular weight excluding hydrogens is 159 g/mol. The maximum Gasteiger partial charge on any atom is 0.144 e. The minimum absolute atomic E-state index is 0.444. The zero-order chi connectivity index (χ0) is 9.10.